The zero-order valence-electron chi connectivity index (χ0n) is 20.7. The molecule has 186 valence electrons. The van der Waals surface area contributed by atoms with Gasteiger partial charge in [-0.3, -0.25) is 14.4 Å². The van der Waals surface area contributed by atoms with Crippen LogP contribution in [0.15, 0.2) is 30.3 Å². The molecular weight excluding hydrogens is 450 g/mol. The lowest BCUT2D eigenvalue weighted by Crippen LogP contribution is -2.58. The van der Waals surface area contributed by atoms with E-state index in [0.717, 1.165) is 12.0 Å². The first kappa shape index (κ1) is 25.0. The lowest BCUT2D eigenvalue weighted by molar-refractivity contribution is -0.144. The number of nitrogens with one attached hydrogen (secondary N) is 2. The summed E-state index contributed by atoms with van der Waals surface area (Å²) in [6, 6.07) is 8.47. The van der Waals surface area contributed by atoms with E-state index in [1.54, 1.807) is 16.7 Å². The molecule has 3 fully saturated rings. The minimum Gasteiger partial charge on any atom is -0.394 e. The summed E-state index contributed by atoms with van der Waals surface area (Å²) in [4.78, 5) is 42.8. The van der Waals surface area contributed by atoms with Crippen LogP contribution in [-0.4, -0.2) is 62.0 Å². The van der Waals surface area contributed by atoms with Gasteiger partial charge in [-0.25, -0.2) is 0 Å². The van der Waals surface area contributed by atoms with Crippen molar-refractivity contribution in [3.8, 4) is 0 Å². The molecule has 4 rings (SSSR count). The summed E-state index contributed by atoms with van der Waals surface area (Å²) in [5, 5.41) is 16.3. The molecule has 0 aromatic heterocycles. The van der Waals surface area contributed by atoms with E-state index in [1.165, 1.54) is 0 Å². The van der Waals surface area contributed by atoms with E-state index in [0.29, 0.717) is 13.0 Å². The van der Waals surface area contributed by atoms with Crippen LogP contribution in [0.4, 0.5) is 0 Å². The predicted molar refractivity (Wildman–Crippen MR) is 133 cm³/mol. The van der Waals surface area contributed by atoms with Gasteiger partial charge in [0.1, 0.15) is 6.04 Å². The zero-order valence-corrected chi connectivity index (χ0v) is 21.5. The Labute approximate surface area is 206 Å². The Balaban J connectivity index is 1.70. The maximum atomic E-state index is 14.0. The number of aliphatic hydroxyl groups is 1. The molecule has 3 amide bonds. The third-order valence-electron chi connectivity index (χ3n) is 7.80. The maximum Gasteiger partial charge on any atom is 0.244 e. The molecule has 3 aliphatic rings. The molecule has 2 unspecified atom stereocenters. The van der Waals surface area contributed by atoms with Crippen molar-refractivity contribution in [1.29, 1.82) is 0 Å². The van der Waals surface area contributed by atoms with Crippen LogP contribution in [0.3, 0.4) is 0 Å². The van der Waals surface area contributed by atoms with E-state index < -0.39 is 33.4 Å². The Bertz CT molecular complexity index is 955. The van der Waals surface area contributed by atoms with Gasteiger partial charge in [-0.05, 0) is 45.1 Å². The van der Waals surface area contributed by atoms with E-state index in [2.05, 4.69) is 17.6 Å². The van der Waals surface area contributed by atoms with Gasteiger partial charge < -0.3 is 20.6 Å². The number of amides is 3. The molecule has 0 saturated carbocycles. The standard InChI is InChI=1S/C26H37N3O4S/c1-15(2)18(14-30)29-21(23(32)28-16(3)4)26-12-11-25(5,34-26)19(20(26)24(29)33)22(31)27-13-17-9-7-6-8-10-17/h6-10,15-16,18-21,30H,11-14H2,1-5H3,(H,27,31)(H,28,32)/t18-,19-,20-,21?,25+,26?/m0/s1. The van der Waals surface area contributed by atoms with Crippen molar-refractivity contribution < 1.29 is 19.5 Å². The van der Waals surface area contributed by atoms with Gasteiger partial charge in [-0.15, -0.1) is 11.8 Å². The summed E-state index contributed by atoms with van der Waals surface area (Å²) in [6.45, 7) is 9.96. The largest absolute Gasteiger partial charge is 0.394 e. The topological polar surface area (TPSA) is 98.7 Å². The van der Waals surface area contributed by atoms with Crippen molar-refractivity contribution in [2.45, 2.75) is 81.6 Å². The monoisotopic (exact) mass is 487 g/mol. The second-order valence-electron chi connectivity index (χ2n) is 10.8. The Morgan fingerprint density at radius 2 is 1.82 bits per heavy atom. The van der Waals surface area contributed by atoms with E-state index in [4.69, 9.17) is 0 Å². The van der Waals surface area contributed by atoms with Gasteiger partial charge in [0.05, 0.1) is 29.2 Å². The SMILES string of the molecule is CC(C)NC(=O)C1N([C@@H](CO)C(C)C)C(=O)[C@@H]2[C@@H](C(=O)NCc3ccccc3)[C@@]3(C)CCC12S3. The van der Waals surface area contributed by atoms with Crippen molar-refractivity contribution in [2.75, 3.05) is 6.61 Å². The minimum absolute atomic E-state index is 0.0262. The number of thioether (sulfide) groups is 1. The van der Waals surface area contributed by atoms with E-state index >= 15 is 0 Å². The normalized spacial score (nSPS) is 32.9. The molecule has 2 bridgehead atoms. The van der Waals surface area contributed by atoms with E-state index in [9.17, 15) is 19.5 Å². The van der Waals surface area contributed by atoms with Crippen molar-refractivity contribution in [3.05, 3.63) is 35.9 Å². The van der Waals surface area contributed by atoms with E-state index in [-0.39, 0.29) is 36.3 Å². The number of fused-ring (bicyclic) bond motifs is 1. The Hall–Kier alpha value is -2.06. The second-order valence-corrected chi connectivity index (χ2v) is 12.7. The van der Waals surface area contributed by atoms with Gasteiger partial charge in [0.25, 0.3) is 0 Å². The highest BCUT2D eigenvalue weighted by Gasteiger charge is 2.77. The molecular formula is C26H37N3O4S. The highest BCUT2D eigenvalue weighted by molar-refractivity contribution is 8.02. The molecule has 34 heavy (non-hydrogen) atoms. The molecule has 0 aliphatic carbocycles. The van der Waals surface area contributed by atoms with Gasteiger partial charge in [0.2, 0.25) is 17.7 Å². The lowest BCUT2D eigenvalue weighted by atomic mass is 9.66. The van der Waals surface area contributed by atoms with Crippen LogP contribution in [0, 0.1) is 17.8 Å². The molecule has 1 aromatic carbocycles. The van der Waals surface area contributed by atoms with Crippen LogP contribution in [-0.2, 0) is 20.9 Å². The summed E-state index contributed by atoms with van der Waals surface area (Å²) < 4.78 is -1.07. The summed E-state index contributed by atoms with van der Waals surface area (Å²) in [7, 11) is 0. The zero-order chi connectivity index (χ0) is 24.8. The highest BCUT2D eigenvalue weighted by atomic mass is 32.2. The van der Waals surface area contributed by atoms with Crippen molar-refractivity contribution in [1.82, 2.24) is 15.5 Å². The first-order valence-corrected chi connectivity index (χ1v) is 13.1. The molecule has 3 saturated heterocycles. The number of carbonyl (C=O) groups is 3. The van der Waals surface area contributed by atoms with Gasteiger partial charge in [0.15, 0.2) is 0 Å². The number of hydrogen-bond acceptors (Lipinski definition) is 5. The van der Waals surface area contributed by atoms with Gasteiger partial charge in [0, 0.05) is 17.3 Å². The number of aliphatic hydroxyl groups excluding tert-OH is 1. The fourth-order valence-corrected chi connectivity index (χ4v) is 8.64. The highest BCUT2D eigenvalue weighted by Crippen LogP contribution is 2.71. The van der Waals surface area contributed by atoms with Gasteiger partial charge in [-0.2, -0.15) is 0 Å². The summed E-state index contributed by atoms with van der Waals surface area (Å²) in [5.41, 5.74) is 1.00. The Morgan fingerprint density at radius 1 is 1.15 bits per heavy atom. The molecule has 3 heterocycles. The third kappa shape index (κ3) is 3.92. The number of benzene rings is 1. The fourth-order valence-electron chi connectivity index (χ4n) is 6.30. The van der Waals surface area contributed by atoms with E-state index in [1.807, 2.05) is 58.0 Å². The van der Waals surface area contributed by atoms with Gasteiger partial charge in [-0.1, -0.05) is 44.2 Å². The molecule has 7 nitrogen and oxygen atoms in total. The van der Waals surface area contributed by atoms with Crippen LogP contribution < -0.4 is 10.6 Å². The number of hydrogen-bond donors (Lipinski definition) is 3. The molecule has 3 N–H and O–H groups in total. The maximum absolute atomic E-state index is 14.0. The molecule has 1 spiro atoms. The lowest BCUT2D eigenvalue weighted by Gasteiger charge is -2.38. The van der Waals surface area contributed by atoms with Crippen molar-refractivity contribution in [3.63, 3.8) is 0 Å². The van der Waals surface area contributed by atoms with Crippen LogP contribution in [0.5, 0.6) is 0 Å². The van der Waals surface area contributed by atoms with Crippen molar-refractivity contribution in [2.24, 2.45) is 17.8 Å². The molecule has 1 aromatic rings. The summed E-state index contributed by atoms with van der Waals surface area (Å²) in [5.74, 6) is -1.62. The average molecular weight is 488 g/mol. The first-order chi connectivity index (χ1) is 16.1. The predicted octanol–water partition coefficient (Wildman–Crippen LogP) is 2.33. The second kappa shape index (κ2) is 9.19. The van der Waals surface area contributed by atoms with Gasteiger partial charge >= 0.3 is 0 Å². The summed E-state index contributed by atoms with van der Waals surface area (Å²) >= 11 is 1.65. The van der Waals surface area contributed by atoms with Crippen LogP contribution in [0.25, 0.3) is 0 Å². The Kier molecular flexibility index (Phi) is 6.77. The third-order valence-corrected chi connectivity index (χ3v) is 9.79. The average Bonchev–Trinajstić information content (AvgIpc) is 3.34. The van der Waals surface area contributed by atoms with Crippen LogP contribution in [0.2, 0.25) is 0 Å². The molecule has 0 radical (unpaired) electrons. The molecule has 8 heteroatoms. The number of nitrogens with zero attached hydrogens (tertiary/aromatic N) is 1. The van der Waals surface area contributed by atoms with Crippen molar-refractivity contribution >= 4 is 29.5 Å². The minimum atomic E-state index is -0.703. The Morgan fingerprint density at radius 3 is 2.41 bits per heavy atom. The molecule has 6 atom stereocenters. The number of carbonyl (C=O) groups excluding carboxylic acids is 3. The van der Waals surface area contributed by atoms with Crippen LogP contribution in [0.1, 0.15) is 53.0 Å². The number of rotatable bonds is 8. The smallest absolute Gasteiger partial charge is 0.244 e. The fraction of sp³-hybridized carbons (Fsp3) is 0.654. The molecule has 3 aliphatic heterocycles. The quantitative estimate of drug-likeness (QED) is 0.523. The first-order valence-electron chi connectivity index (χ1n) is 12.3. The van der Waals surface area contributed by atoms with Crippen LogP contribution >= 0.6 is 11.8 Å². The number of likely N-dealkylation sites (tertiary alicyclic amines) is 1. The summed E-state index contributed by atoms with van der Waals surface area (Å²) in [6.07, 6.45) is 1.48.